The number of fused-ring (bicyclic) bond motifs is 1. The number of nitrogens with zero attached hydrogens (tertiary/aromatic N) is 5. The molecular weight excluding hydrogens is 458 g/mol. The van der Waals surface area contributed by atoms with E-state index in [0.29, 0.717) is 34.5 Å². The molecule has 3 heterocycles. The van der Waals surface area contributed by atoms with E-state index in [4.69, 9.17) is 4.74 Å². The van der Waals surface area contributed by atoms with Crippen LogP contribution in [0.2, 0.25) is 0 Å². The van der Waals surface area contributed by atoms with Gasteiger partial charge >= 0.3 is 0 Å². The van der Waals surface area contributed by atoms with Gasteiger partial charge in [-0.1, -0.05) is 26.8 Å². The van der Waals surface area contributed by atoms with Crippen LogP contribution in [0.25, 0.3) is 5.65 Å². The van der Waals surface area contributed by atoms with E-state index < -0.39 is 0 Å². The van der Waals surface area contributed by atoms with Gasteiger partial charge < -0.3 is 15.4 Å². The molecule has 2 amide bonds. The molecule has 1 fully saturated rings. The van der Waals surface area contributed by atoms with Gasteiger partial charge in [0.1, 0.15) is 11.4 Å². The van der Waals surface area contributed by atoms with Gasteiger partial charge in [0.25, 0.3) is 5.91 Å². The number of hydrogen-bond donors (Lipinski definition) is 2. The van der Waals surface area contributed by atoms with Crippen LogP contribution in [0.5, 0.6) is 11.6 Å². The van der Waals surface area contributed by atoms with Gasteiger partial charge in [0.05, 0.1) is 11.9 Å². The SMILES string of the molecule is Cc1ccc(Oc2ccc3nc(NC(=O)C4CC4)cn3n2)cc1NC(=O)c1cc(C(C)(C)C)nn1C. The number of amides is 2. The van der Waals surface area contributed by atoms with Crippen LogP contribution in [0, 0.1) is 12.8 Å². The molecule has 0 saturated heterocycles. The average Bonchev–Trinajstić information content (AvgIpc) is 3.47. The standard InChI is InChI=1S/C26H29N7O3/c1-15-6-9-17(12-18(15)27-25(35)19-13-20(26(2,3)4)30-32(19)5)36-23-11-10-22-28-21(14-33(22)31-23)29-24(34)16-7-8-16/h6,9-14,16H,7-8H2,1-5H3,(H,27,35)(H,29,34). The molecule has 0 bridgehead atoms. The van der Waals surface area contributed by atoms with Crippen molar-refractivity contribution in [2.75, 3.05) is 10.6 Å². The van der Waals surface area contributed by atoms with Crippen molar-refractivity contribution >= 4 is 29.0 Å². The molecule has 1 aliphatic carbocycles. The Morgan fingerprint density at radius 3 is 2.53 bits per heavy atom. The second-order valence-corrected chi connectivity index (χ2v) is 10.2. The Morgan fingerprint density at radius 1 is 1.06 bits per heavy atom. The Morgan fingerprint density at radius 2 is 1.83 bits per heavy atom. The van der Waals surface area contributed by atoms with Gasteiger partial charge in [-0.05, 0) is 43.5 Å². The van der Waals surface area contributed by atoms with Crippen LogP contribution >= 0.6 is 0 Å². The Kier molecular flexibility index (Phi) is 5.74. The van der Waals surface area contributed by atoms with Gasteiger partial charge in [-0.3, -0.25) is 14.3 Å². The molecule has 5 rings (SSSR count). The van der Waals surface area contributed by atoms with Crippen LogP contribution in [0.4, 0.5) is 11.5 Å². The highest BCUT2D eigenvalue weighted by atomic mass is 16.5. The number of aryl methyl sites for hydroxylation is 2. The lowest BCUT2D eigenvalue weighted by Crippen LogP contribution is -2.16. The van der Waals surface area contributed by atoms with Gasteiger partial charge in [-0.2, -0.15) is 5.10 Å². The van der Waals surface area contributed by atoms with Crippen molar-refractivity contribution in [1.82, 2.24) is 24.4 Å². The summed E-state index contributed by atoms with van der Waals surface area (Å²) in [7, 11) is 1.76. The molecule has 1 aliphatic rings. The molecule has 36 heavy (non-hydrogen) atoms. The topological polar surface area (TPSA) is 115 Å². The first-order valence-corrected chi connectivity index (χ1v) is 11.9. The van der Waals surface area contributed by atoms with E-state index in [0.717, 1.165) is 24.1 Å². The first kappa shape index (κ1) is 23.5. The minimum atomic E-state index is -0.250. The maximum absolute atomic E-state index is 13.0. The molecule has 4 aromatic rings. The summed E-state index contributed by atoms with van der Waals surface area (Å²) in [6, 6.07) is 10.7. The third kappa shape index (κ3) is 4.93. The molecule has 2 N–H and O–H groups in total. The van der Waals surface area contributed by atoms with Crippen molar-refractivity contribution in [2.45, 2.75) is 46.0 Å². The summed E-state index contributed by atoms with van der Waals surface area (Å²) in [6.07, 6.45) is 3.51. The first-order valence-electron chi connectivity index (χ1n) is 11.9. The molecule has 186 valence electrons. The largest absolute Gasteiger partial charge is 0.438 e. The second kappa shape index (κ2) is 8.78. The number of nitrogens with one attached hydrogen (secondary N) is 2. The van der Waals surface area contributed by atoms with Gasteiger partial charge in [0.2, 0.25) is 11.8 Å². The summed E-state index contributed by atoms with van der Waals surface area (Å²) in [4.78, 5) is 29.4. The highest BCUT2D eigenvalue weighted by molar-refractivity contribution is 6.03. The molecule has 0 aliphatic heterocycles. The van der Waals surface area contributed by atoms with Crippen LogP contribution in [-0.4, -0.2) is 36.2 Å². The predicted molar refractivity (Wildman–Crippen MR) is 135 cm³/mol. The average molecular weight is 488 g/mol. The smallest absolute Gasteiger partial charge is 0.273 e. The third-order valence-corrected chi connectivity index (χ3v) is 6.06. The van der Waals surface area contributed by atoms with Gasteiger partial charge in [0.15, 0.2) is 11.5 Å². The fourth-order valence-corrected chi connectivity index (χ4v) is 3.71. The lowest BCUT2D eigenvalue weighted by Gasteiger charge is -2.13. The van der Waals surface area contributed by atoms with Crippen molar-refractivity contribution in [1.29, 1.82) is 0 Å². The minimum absolute atomic E-state index is 0.00938. The van der Waals surface area contributed by atoms with E-state index in [9.17, 15) is 9.59 Å². The van der Waals surface area contributed by atoms with E-state index in [2.05, 4.69) is 46.6 Å². The number of benzene rings is 1. The molecule has 1 saturated carbocycles. The Balaban J connectivity index is 1.32. The molecule has 0 spiro atoms. The van der Waals surface area contributed by atoms with E-state index in [1.54, 1.807) is 40.6 Å². The Hall–Kier alpha value is -4.21. The second-order valence-electron chi connectivity index (χ2n) is 10.2. The van der Waals surface area contributed by atoms with Crippen molar-refractivity contribution in [2.24, 2.45) is 13.0 Å². The lowest BCUT2D eigenvalue weighted by atomic mass is 9.92. The van der Waals surface area contributed by atoms with Crippen molar-refractivity contribution in [3.05, 3.63) is 59.5 Å². The minimum Gasteiger partial charge on any atom is -0.438 e. The van der Waals surface area contributed by atoms with E-state index >= 15 is 0 Å². The summed E-state index contributed by atoms with van der Waals surface area (Å²) in [5, 5.41) is 14.7. The van der Waals surface area contributed by atoms with E-state index in [-0.39, 0.29) is 23.1 Å². The van der Waals surface area contributed by atoms with E-state index in [1.165, 1.54) is 0 Å². The number of rotatable bonds is 6. The zero-order valence-corrected chi connectivity index (χ0v) is 21.0. The maximum Gasteiger partial charge on any atom is 0.273 e. The number of aromatic nitrogens is 5. The van der Waals surface area contributed by atoms with Crippen LogP contribution in [0.1, 0.15) is 55.4 Å². The quantitative estimate of drug-likeness (QED) is 0.415. The number of ether oxygens (including phenoxy) is 1. The summed E-state index contributed by atoms with van der Waals surface area (Å²) < 4.78 is 9.12. The van der Waals surface area contributed by atoms with Crippen LogP contribution in [0.15, 0.2) is 42.6 Å². The Labute approximate surface area is 208 Å². The molecule has 10 heteroatoms. The van der Waals surface area contributed by atoms with Crippen LogP contribution in [0.3, 0.4) is 0 Å². The van der Waals surface area contributed by atoms with Crippen molar-refractivity contribution < 1.29 is 14.3 Å². The summed E-state index contributed by atoms with van der Waals surface area (Å²) in [5.74, 6) is 1.16. The summed E-state index contributed by atoms with van der Waals surface area (Å²) in [6.45, 7) is 8.09. The molecule has 0 radical (unpaired) electrons. The van der Waals surface area contributed by atoms with Crippen LogP contribution < -0.4 is 15.4 Å². The predicted octanol–water partition coefficient (Wildman–Crippen LogP) is 4.46. The zero-order chi connectivity index (χ0) is 25.6. The molecule has 1 aromatic carbocycles. The number of carbonyl (C=O) groups is 2. The van der Waals surface area contributed by atoms with Gasteiger partial charge in [-0.25, -0.2) is 9.50 Å². The van der Waals surface area contributed by atoms with Crippen molar-refractivity contribution in [3.8, 4) is 11.6 Å². The molecule has 0 atom stereocenters. The molecule has 10 nitrogen and oxygen atoms in total. The number of carbonyl (C=O) groups excluding carboxylic acids is 2. The normalized spacial score (nSPS) is 13.6. The first-order chi connectivity index (χ1) is 17.1. The number of imidazole rings is 1. The summed E-state index contributed by atoms with van der Waals surface area (Å²) >= 11 is 0. The maximum atomic E-state index is 13.0. The Bertz CT molecular complexity index is 1470. The van der Waals surface area contributed by atoms with Crippen molar-refractivity contribution in [3.63, 3.8) is 0 Å². The zero-order valence-electron chi connectivity index (χ0n) is 21.0. The lowest BCUT2D eigenvalue weighted by molar-refractivity contribution is -0.117. The number of hydrogen-bond acceptors (Lipinski definition) is 6. The molecular formula is C26H29N7O3. The van der Waals surface area contributed by atoms with Gasteiger partial charge in [0, 0.05) is 36.2 Å². The van der Waals surface area contributed by atoms with Crippen LogP contribution in [-0.2, 0) is 17.3 Å². The molecule has 0 unspecified atom stereocenters. The number of anilines is 2. The highest BCUT2D eigenvalue weighted by Crippen LogP contribution is 2.30. The fraction of sp³-hybridized carbons (Fsp3) is 0.346. The fourth-order valence-electron chi connectivity index (χ4n) is 3.71. The van der Waals surface area contributed by atoms with Gasteiger partial charge in [-0.15, -0.1) is 5.10 Å². The highest BCUT2D eigenvalue weighted by Gasteiger charge is 2.30. The monoisotopic (exact) mass is 487 g/mol. The third-order valence-electron chi connectivity index (χ3n) is 6.06. The molecule has 3 aromatic heterocycles. The van der Waals surface area contributed by atoms with E-state index in [1.807, 2.05) is 25.1 Å². The summed E-state index contributed by atoms with van der Waals surface area (Å²) in [5.41, 5.74) is 3.28.